The van der Waals surface area contributed by atoms with Crippen molar-refractivity contribution in [2.24, 2.45) is 0 Å². The van der Waals surface area contributed by atoms with Gasteiger partial charge in [0.1, 0.15) is 0 Å². The molecule has 0 bridgehead atoms. The summed E-state index contributed by atoms with van der Waals surface area (Å²) in [5.74, 6) is 2.22. The van der Waals surface area contributed by atoms with Gasteiger partial charge in [0.15, 0.2) is 0 Å². The van der Waals surface area contributed by atoms with E-state index in [4.69, 9.17) is 18.6 Å². The van der Waals surface area contributed by atoms with E-state index in [0.29, 0.717) is 0 Å². The summed E-state index contributed by atoms with van der Waals surface area (Å²) < 4.78 is 0. The maximum absolute atomic E-state index is 4.89. The molecule has 0 amide bonds. The van der Waals surface area contributed by atoms with Crippen molar-refractivity contribution >= 4 is 26.8 Å². The SMILES string of the molecule is Cc1cp[c-](C)c1.[Cl][Ti][Cl]. The third-order valence-electron chi connectivity index (χ3n) is 0.908. The molecule has 0 fully saturated rings. The van der Waals surface area contributed by atoms with Gasteiger partial charge in [0.2, 0.25) is 0 Å². The van der Waals surface area contributed by atoms with Crippen molar-refractivity contribution in [2.45, 2.75) is 13.8 Å². The average molecular weight is 230 g/mol. The van der Waals surface area contributed by atoms with Gasteiger partial charge in [0.05, 0.1) is 0 Å². The quantitative estimate of drug-likeness (QED) is 0.467. The van der Waals surface area contributed by atoms with Crippen LogP contribution in [0.2, 0.25) is 0 Å². The fourth-order valence-electron chi connectivity index (χ4n) is 0.608. The molecule has 0 nitrogen and oxygen atoms in total. The van der Waals surface area contributed by atoms with Gasteiger partial charge >= 0.3 is 35.6 Å². The summed E-state index contributed by atoms with van der Waals surface area (Å²) in [6, 6.07) is 2.21. The Kier molecular flexibility index (Phi) is 7.49. The minimum absolute atomic E-state index is 0.556. The second kappa shape index (κ2) is 6.76. The Morgan fingerprint density at radius 2 is 2.10 bits per heavy atom. The van der Waals surface area contributed by atoms with Crippen LogP contribution in [0.4, 0.5) is 0 Å². The second-order valence-corrected chi connectivity index (χ2v) is 5.66. The van der Waals surface area contributed by atoms with Crippen LogP contribution in [-0.2, 0) is 17.0 Å². The van der Waals surface area contributed by atoms with E-state index in [9.17, 15) is 0 Å². The van der Waals surface area contributed by atoms with E-state index in [2.05, 4.69) is 25.7 Å². The first-order valence-electron chi connectivity index (χ1n) is 2.73. The van der Waals surface area contributed by atoms with E-state index in [1.54, 1.807) is 0 Å². The first-order valence-corrected chi connectivity index (χ1v) is 7.99. The molecule has 56 valence electrons. The number of hydrogen-bond acceptors (Lipinski definition) is 0. The van der Waals surface area contributed by atoms with Crippen LogP contribution < -0.4 is 0 Å². The first-order chi connectivity index (χ1) is 4.70. The van der Waals surface area contributed by atoms with Crippen LogP contribution in [0.25, 0.3) is 0 Å². The molecule has 0 unspecified atom stereocenters. The van der Waals surface area contributed by atoms with Gasteiger partial charge in [0, 0.05) is 0 Å². The van der Waals surface area contributed by atoms with E-state index in [-0.39, 0.29) is 0 Å². The molecule has 0 spiro atoms. The molecule has 0 radical (unpaired) electrons. The zero-order valence-corrected chi connectivity index (χ0v) is 9.83. The zero-order valence-electron chi connectivity index (χ0n) is 5.86. The molecule has 0 aliphatic heterocycles. The van der Waals surface area contributed by atoms with E-state index in [0.717, 1.165) is 0 Å². The predicted octanol–water partition coefficient (Wildman–Crippen LogP) is 3.98. The molecular formula is C6H8Cl2PTi-. The van der Waals surface area contributed by atoms with Crippen LogP contribution in [0.3, 0.4) is 0 Å². The van der Waals surface area contributed by atoms with Crippen LogP contribution in [0.15, 0.2) is 11.9 Å². The molecule has 0 saturated heterocycles. The first kappa shape index (κ1) is 11.1. The molecular weight excluding hydrogens is 222 g/mol. The number of aryl methyl sites for hydroxylation is 2. The van der Waals surface area contributed by atoms with Gasteiger partial charge in [0.25, 0.3) is 0 Å². The molecule has 10 heavy (non-hydrogen) atoms. The van der Waals surface area contributed by atoms with Gasteiger partial charge in [-0.05, 0) is 0 Å². The van der Waals surface area contributed by atoms with Crippen molar-refractivity contribution in [3.8, 4) is 0 Å². The molecule has 1 rings (SSSR count). The van der Waals surface area contributed by atoms with Crippen LogP contribution in [0.1, 0.15) is 10.9 Å². The standard InChI is InChI=1S/C6H8P.2ClH.Ti/c1-5-3-6(2)7-4-5;;;/h3-4H,1-2H3;2*1H;/q-1;;;+2/p-2. The van der Waals surface area contributed by atoms with Gasteiger partial charge in [-0.15, -0.1) is 5.30 Å². The Morgan fingerprint density at radius 3 is 2.20 bits per heavy atom. The van der Waals surface area contributed by atoms with Crippen LogP contribution >= 0.6 is 26.8 Å². The third kappa shape index (κ3) is 5.83. The number of halogens is 2. The number of rotatable bonds is 0. The molecule has 0 aliphatic rings. The summed E-state index contributed by atoms with van der Waals surface area (Å²) >= 11 is -0.556. The summed E-state index contributed by atoms with van der Waals surface area (Å²) in [4.78, 5) is 0. The van der Waals surface area contributed by atoms with Gasteiger partial charge in [-0.3, -0.25) is 0 Å². The van der Waals surface area contributed by atoms with Crippen molar-refractivity contribution in [3.63, 3.8) is 0 Å². The van der Waals surface area contributed by atoms with Crippen LogP contribution in [0, 0.1) is 13.8 Å². The van der Waals surface area contributed by atoms with Gasteiger partial charge in [-0.25, -0.2) is 8.19 Å². The van der Waals surface area contributed by atoms with Gasteiger partial charge in [-0.1, -0.05) is 13.8 Å². The van der Waals surface area contributed by atoms with Crippen molar-refractivity contribution in [2.75, 3.05) is 0 Å². The number of hydrogen-bond donors (Lipinski definition) is 0. The summed E-state index contributed by atoms with van der Waals surface area (Å²) in [7, 11) is 11.2. The van der Waals surface area contributed by atoms with E-state index in [1.165, 1.54) is 19.1 Å². The molecule has 0 atom stereocenters. The van der Waals surface area contributed by atoms with E-state index < -0.39 is 17.0 Å². The van der Waals surface area contributed by atoms with Crippen molar-refractivity contribution in [3.05, 3.63) is 22.7 Å². The zero-order chi connectivity index (χ0) is 7.98. The molecule has 1 heterocycles. The van der Waals surface area contributed by atoms with Gasteiger partial charge < -0.3 is 0 Å². The topological polar surface area (TPSA) is 0 Å². The Labute approximate surface area is 80.1 Å². The Bertz CT molecular complexity index is 160. The fourth-order valence-corrected chi connectivity index (χ4v) is 1.37. The van der Waals surface area contributed by atoms with Crippen molar-refractivity contribution in [1.82, 2.24) is 0 Å². The van der Waals surface area contributed by atoms with Crippen molar-refractivity contribution < 1.29 is 17.0 Å². The molecule has 1 aromatic rings. The second-order valence-electron chi connectivity index (χ2n) is 1.86. The van der Waals surface area contributed by atoms with Crippen LogP contribution in [-0.4, -0.2) is 0 Å². The van der Waals surface area contributed by atoms with E-state index >= 15 is 0 Å². The molecule has 0 N–H and O–H groups in total. The minimum atomic E-state index is -0.556. The summed E-state index contributed by atoms with van der Waals surface area (Å²) in [5, 5.41) is 1.46. The average Bonchev–Trinajstić information content (AvgIpc) is 2.17. The van der Waals surface area contributed by atoms with Crippen molar-refractivity contribution in [1.29, 1.82) is 0 Å². The molecule has 0 aromatic carbocycles. The molecule has 0 aliphatic carbocycles. The maximum atomic E-state index is 4.89. The van der Waals surface area contributed by atoms with E-state index in [1.807, 2.05) is 0 Å². The summed E-state index contributed by atoms with van der Waals surface area (Å²) in [5.41, 5.74) is 1.40. The monoisotopic (exact) mass is 229 g/mol. The molecule has 4 heteroatoms. The summed E-state index contributed by atoms with van der Waals surface area (Å²) in [6.07, 6.45) is 0. The van der Waals surface area contributed by atoms with Gasteiger partial charge in [-0.2, -0.15) is 17.4 Å². The predicted molar refractivity (Wildman–Crippen MR) is 45.7 cm³/mol. The van der Waals surface area contributed by atoms with Crippen LogP contribution in [0.5, 0.6) is 0 Å². The molecule has 0 saturated carbocycles. The Hall–Kier alpha value is 1.07. The normalized spacial score (nSPS) is 8.80. The molecule has 1 aromatic heterocycles. The fraction of sp³-hybridized carbons (Fsp3) is 0.333. The summed E-state index contributed by atoms with van der Waals surface area (Å²) in [6.45, 7) is 4.28. The Balaban J connectivity index is 0.000000236. The Morgan fingerprint density at radius 1 is 1.60 bits per heavy atom. The third-order valence-corrected chi connectivity index (χ3v) is 1.98.